The molecule has 0 aromatic carbocycles. The van der Waals surface area contributed by atoms with Crippen LogP contribution in [0.15, 0.2) is 12.3 Å². The van der Waals surface area contributed by atoms with Crippen LogP contribution < -0.4 is 0 Å². The summed E-state index contributed by atoms with van der Waals surface area (Å²) in [6.07, 6.45) is 2.55. The van der Waals surface area contributed by atoms with Crippen LogP contribution in [0, 0.1) is 6.92 Å². The van der Waals surface area contributed by atoms with E-state index in [0.29, 0.717) is 23.7 Å². The van der Waals surface area contributed by atoms with Crippen LogP contribution in [0.4, 0.5) is 0 Å². The van der Waals surface area contributed by atoms with Gasteiger partial charge in [-0.3, -0.25) is 9.78 Å². The minimum atomic E-state index is -0.0675. The Morgan fingerprint density at radius 2 is 2.41 bits per heavy atom. The van der Waals surface area contributed by atoms with Crippen molar-refractivity contribution in [3.05, 3.63) is 28.5 Å². The summed E-state index contributed by atoms with van der Waals surface area (Å²) in [5, 5.41) is 0.461. The summed E-state index contributed by atoms with van der Waals surface area (Å²) in [7, 11) is 1.67. The molecule has 0 spiro atoms. The first-order valence-corrected chi connectivity index (χ1v) is 5.94. The number of aryl methyl sites for hydroxylation is 1. The topological polar surface area (TPSA) is 42.4 Å². The molecule has 1 amide bonds. The molecule has 1 aromatic heterocycles. The number of hydrogen-bond acceptors (Lipinski definition) is 3. The van der Waals surface area contributed by atoms with Crippen molar-refractivity contribution in [2.75, 3.05) is 20.2 Å². The van der Waals surface area contributed by atoms with E-state index in [9.17, 15) is 4.79 Å². The van der Waals surface area contributed by atoms with Crippen LogP contribution in [0.5, 0.6) is 0 Å². The van der Waals surface area contributed by atoms with Gasteiger partial charge in [0.15, 0.2) is 0 Å². The molecule has 1 aliphatic rings. The third-order valence-corrected chi connectivity index (χ3v) is 3.30. The van der Waals surface area contributed by atoms with Gasteiger partial charge in [-0.1, -0.05) is 11.6 Å². The van der Waals surface area contributed by atoms with Crippen molar-refractivity contribution in [2.24, 2.45) is 0 Å². The first-order valence-electron chi connectivity index (χ1n) is 5.56. The Hall–Kier alpha value is -1.13. The molecule has 17 heavy (non-hydrogen) atoms. The van der Waals surface area contributed by atoms with Crippen molar-refractivity contribution in [3.63, 3.8) is 0 Å². The van der Waals surface area contributed by atoms with Crippen molar-refractivity contribution in [1.82, 2.24) is 9.88 Å². The maximum Gasteiger partial charge on any atom is 0.257 e. The number of nitrogens with zero attached hydrogens (tertiary/aromatic N) is 2. The lowest BCUT2D eigenvalue weighted by atomic mass is 10.2. The highest BCUT2D eigenvalue weighted by Crippen LogP contribution is 2.21. The smallest absolute Gasteiger partial charge is 0.257 e. The summed E-state index contributed by atoms with van der Waals surface area (Å²) in [6.45, 7) is 3.18. The van der Waals surface area contributed by atoms with Gasteiger partial charge in [0.05, 0.1) is 16.7 Å². The molecule has 4 nitrogen and oxygen atoms in total. The highest BCUT2D eigenvalue weighted by atomic mass is 35.5. The predicted octanol–water partition coefficient (Wildman–Crippen LogP) is 1.90. The van der Waals surface area contributed by atoms with E-state index < -0.39 is 0 Å². The number of aromatic nitrogens is 1. The average Bonchev–Trinajstić information content (AvgIpc) is 2.76. The highest BCUT2D eigenvalue weighted by Gasteiger charge is 2.27. The largest absolute Gasteiger partial charge is 0.380 e. The summed E-state index contributed by atoms with van der Waals surface area (Å²) >= 11 is 6.05. The monoisotopic (exact) mass is 254 g/mol. The van der Waals surface area contributed by atoms with Crippen molar-refractivity contribution in [3.8, 4) is 0 Å². The molecular weight excluding hydrogens is 240 g/mol. The third kappa shape index (κ3) is 2.58. The van der Waals surface area contributed by atoms with E-state index in [4.69, 9.17) is 16.3 Å². The van der Waals surface area contributed by atoms with E-state index in [1.165, 1.54) is 0 Å². The van der Waals surface area contributed by atoms with E-state index in [1.807, 2.05) is 6.92 Å². The fraction of sp³-hybridized carbons (Fsp3) is 0.500. The van der Waals surface area contributed by atoms with Crippen molar-refractivity contribution >= 4 is 17.5 Å². The first-order chi connectivity index (χ1) is 8.11. The minimum Gasteiger partial charge on any atom is -0.380 e. The molecule has 1 saturated heterocycles. The van der Waals surface area contributed by atoms with Crippen molar-refractivity contribution in [2.45, 2.75) is 19.4 Å². The molecule has 0 aliphatic carbocycles. The van der Waals surface area contributed by atoms with E-state index in [2.05, 4.69) is 4.98 Å². The number of rotatable bonds is 2. The Labute approximate surface area is 106 Å². The average molecular weight is 255 g/mol. The molecule has 1 atom stereocenters. The third-order valence-electron chi connectivity index (χ3n) is 2.99. The van der Waals surface area contributed by atoms with Gasteiger partial charge in [-0.25, -0.2) is 0 Å². The zero-order valence-electron chi connectivity index (χ0n) is 9.94. The predicted molar refractivity (Wildman–Crippen MR) is 65.3 cm³/mol. The van der Waals surface area contributed by atoms with Crippen LogP contribution in [0.25, 0.3) is 0 Å². The maximum atomic E-state index is 12.2. The first kappa shape index (κ1) is 12.3. The standard InChI is InChI=1S/C12H15ClN2O2/c1-8-5-11(13)10(6-14-8)12(16)15-4-3-9(7-15)17-2/h5-6,9H,3-4,7H2,1-2H3. The number of ether oxygens (including phenoxy) is 1. The second kappa shape index (κ2) is 5.02. The molecule has 0 saturated carbocycles. The second-order valence-electron chi connectivity index (χ2n) is 4.20. The quantitative estimate of drug-likeness (QED) is 0.810. The number of likely N-dealkylation sites (tertiary alicyclic amines) is 1. The molecule has 92 valence electrons. The van der Waals surface area contributed by atoms with Gasteiger partial charge in [0.25, 0.3) is 5.91 Å². The molecule has 0 radical (unpaired) electrons. The number of carbonyl (C=O) groups excluding carboxylic acids is 1. The zero-order valence-corrected chi connectivity index (χ0v) is 10.7. The number of halogens is 1. The van der Waals surface area contributed by atoms with Crippen LogP contribution in [-0.2, 0) is 4.74 Å². The van der Waals surface area contributed by atoms with Gasteiger partial charge in [-0.2, -0.15) is 0 Å². The van der Waals surface area contributed by atoms with Gasteiger partial charge < -0.3 is 9.64 Å². The Morgan fingerprint density at radius 1 is 1.65 bits per heavy atom. The van der Waals surface area contributed by atoms with Gasteiger partial charge in [-0.15, -0.1) is 0 Å². The van der Waals surface area contributed by atoms with Crippen LogP contribution in [0.1, 0.15) is 22.5 Å². The summed E-state index contributed by atoms with van der Waals surface area (Å²) in [5.41, 5.74) is 1.27. The number of pyridine rings is 1. The van der Waals surface area contributed by atoms with Crippen LogP contribution in [-0.4, -0.2) is 42.1 Å². The Kier molecular flexibility index (Phi) is 3.64. The molecular formula is C12H15ClN2O2. The molecule has 1 aromatic rings. The second-order valence-corrected chi connectivity index (χ2v) is 4.61. The van der Waals surface area contributed by atoms with E-state index in [-0.39, 0.29) is 12.0 Å². The molecule has 1 unspecified atom stereocenters. The summed E-state index contributed by atoms with van der Waals surface area (Å²) in [6, 6.07) is 1.71. The number of carbonyl (C=O) groups is 1. The van der Waals surface area contributed by atoms with Gasteiger partial charge >= 0.3 is 0 Å². The molecule has 2 heterocycles. The molecule has 1 aliphatic heterocycles. The van der Waals surface area contributed by atoms with Crippen molar-refractivity contribution < 1.29 is 9.53 Å². The minimum absolute atomic E-state index is 0.0675. The molecule has 0 bridgehead atoms. The summed E-state index contributed by atoms with van der Waals surface area (Å²) < 4.78 is 5.23. The number of amides is 1. The molecule has 1 fully saturated rings. The lowest BCUT2D eigenvalue weighted by Gasteiger charge is -2.16. The Morgan fingerprint density at radius 3 is 3.00 bits per heavy atom. The van der Waals surface area contributed by atoms with E-state index in [0.717, 1.165) is 12.1 Å². The zero-order chi connectivity index (χ0) is 12.4. The lowest BCUT2D eigenvalue weighted by Crippen LogP contribution is -2.30. The van der Waals surface area contributed by atoms with Crippen LogP contribution >= 0.6 is 11.6 Å². The summed E-state index contributed by atoms with van der Waals surface area (Å²) in [5.74, 6) is -0.0675. The van der Waals surface area contributed by atoms with Gasteiger partial charge in [0, 0.05) is 32.1 Å². The SMILES string of the molecule is COC1CCN(C(=O)c2cnc(C)cc2Cl)C1. The van der Waals surface area contributed by atoms with Gasteiger partial charge in [-0.05, 0) is 19.4 Å². The Balaban J connectivity index is 2.15. The van der Waals surface area contributed by atoms with E-state index >= 15 is 0 Å². The van der Waals surface area contributed by atoms with Crippen LogP contribution in [0.2, 0.25) is 5.02 Å². The molecule has 2 rings (SSSR count). The fourth-order valence-electron chi connectivity index (χ4n) is 1.96. The van der Waals surface area contributed by atoms with Crippen LogP contribution in [0.3, 0.4) is 0 Å². The van der Waals surface area contributed by atoms with E-state index in [1.54, 1.807) is 24.3 Å². The van der Waals surface area contributed by atoms with Gasteiger partial charge in [0.1, 0.15) is 0 Å². The molecule has 0 N–H and O–H groups in total. The Bertz CT molecular complexity index is 437. The number of methoxy groups -OCH3 is 1. The lowest BCUT2D eigenvalue weighted by molar-refractivity contribution is 0.0724. The van der Waals surface area contributed by atoms with Crippen molar-refractivity contribution in [1.29, 1.82) is 0 Å². The number of hydrogen-bond donors (Lipinski definition) is 0. The molecule has 5 heteroatoms. The van der Waals surface area contributed by atoms with Gasteiger partial charge in [0.2, 0.25) is 0 Å². The normalized spacial score (nSPS) is 19.7. The fourth-order valence-corrected chi connectivity index (χ4v) is 2.25. The summed E-state index contributed by atoms with van der Waals surface area (Å²) in [4.78, 5) is 18.1. The maximum absolute atomic E-state index is 12.2. The highest BCUT2D eigenvalue weighted by molar-refractivity contribution is 6.33.